The maximum absolute atomic E-state index is 6.18. The molecule has 1 aliphatic rings. The number of hydrogen-bond donors (Lipinski definition) is 1. The van der Waals surface area contributed by atoms with Crippen LogP contribution in [0.3, 0.4) is 0 Å². The van der Waals surface area contributed by atoms with Gasteiger partial charge in [0.15, 0.2) is 0 Å². The van der Waals surface area contributed by atoms with Crippen molar-refractivity contribution in [2.75, 3.05) is 6.54 Å². The van der Waals surface area contributed by atoms with E-state index in [0.29, 0.717) is 16.2 Å². The average molecular weight is 355 g/mol. The Morgan fingerprint density at radius 2 is 2.14 bits per heavy atom. The van der Waals surface area contributed by atoms with Gasteiger partial charge in [0.2, 0.25) is 0 Å². The van der Waals surface area contributed by atoms with E-state index in [1.54, 1.807) is 6.20 Å². The summed E-state index contributed by atoms with van der Waals surface area (Å²) >= 11 is 13.6. The highest BCUT2D eigenvalue weighted by atomic mass is 35.5. The predicted octanol–water partition coefficient (Wildman–Crippen LogP) is 4.45. The molecule has 2 aromatic heterocycles. The van der Waals surface area contributed by atoms with Gasteiger partial charge in [0, 0.05) is 11.1 Å². The van der Waals surface area contributed by atoms with Crippen molar-refractivity contribution in [1.82, 2.24) is 20.3 Å². The number of nitrogens with zero attached hydrogens (tertiary/aromatic N) is 3. The molecule has 0 aliphatic carbocycles. The number of aromatic nitrogens is 3. The van der Waals surface area contributed by atoms with Crippen molar-refractivity contribution in [3.05, 3.63) is 40.0 Å². The fourth-order valence-electron chi connectivity index (χ4n) is 2.45. The topological polar surface area (TPSA) is 50.7 Å². The molecule has 22 heavy (non-hydrogen) atoms. The maximum Gasteiger partial charge on any atom is 0.148 e. The number of aryl methyl sites for hydroxylation is 1. The third kappa shape index (κ3) is 3.54. The molecule has 1 saturated heterocycles. The van der Waals surface area contributed by atoms with Crippen LogP contribution in [0.2, 0.25) is 10.2 Å². The monoisotopic (exact) mass is 354 g/mol. The third-order valence-electron chi connectivity index (χ3n) is 3.61. The first-order chi connectivity index (χ1) is 10.6. The van der Waals surface area contributed by atoms with Gasteiger partial charge in [0.05, 0.1) is 28.6 Å². The summed E-state index contributed by atoms with van der Waals surface area (Å²) in [6.07, 6.45) is 7.08. The number of nitrogens with one attached hydrogen (secondary N) is 1. The molecule has 1 fully saturated rings. The van der Waals surface area contributed by atoms with Crippen molar-refractivity contribution in [3.8, 4) is 0 Å². The van der Waals surface area contributed by atoms with Gasteiger partial charge in [-0.3, -0.25) is 4.98 Å². The Bertz CT molecular complexity index is 675. The van der Waals surface area contributed by atoms with Crippen molar-refractivity contribution in [3.63, 3.8) is 0 Å². The van der Waals surface area contributed by atoms with Crippen molar-refractivity contribution in [2.45, 2.75) is 42.1 Å². The lowest BCUT2D eigenvalue weighted by Gasteiger charge is -2.23. The molecular weight excluding hydrogens is 339 g/mol. The normalized spacial score (nSPS) is 18.4. The van der Waals surface area contributed by atoms with E-state index in [9.17, 15) is 0 Å². The summed E-state index contributed by atoms with van der Waals surface area (Å²) in [4.78, 5) is 14.1. The largest absolute Gasteiger partial charge is 0.309 e. The van der Waals surface area contributed by atoms with Gasteiger partial charge < -0.3 is 5.32 Å². The van der Waals surface area contributed by atoms with E-state index >= 15 is 0 Å². The molecule has 0 bridgehead atoms. The predicted molar refractivity (Wildman–Crippen MR) is 89.7 cm³/mol. The standard InChI is InChI=1S/C15H16Cl2N4S/c1-9-15(22-12-5-7-19-14(17)13(12)16)20-8-11(21-9)10-4-2-3-6-18-10/h5,7-8,10,18H,2-4,6H2,1H3. The molecule has 0 aromatic carbocycles. The summed E-state index contributed by atoms with van der Waals surface area (Å²) in [5.41, 5.74) is 1.92. The molecule has 1 N–H and O–H groups in total. The quantitative estimate of drug-likeness (QED) is 0.825. The van der Waals surface area contributed by atoms with E-state index in [2.05, 4.69) is 15.3 Å². The highest BCUT2D eigenvalue weighted by Gasteiger charge is 2.18. The van der Waals surface area contributed by atoms with E-state index in [0.717, 1.165) is 34.3 Å². The zero-order valence-electron chi connectivity index (χ0n) is 12.1. The Morgan fingerprint density at radius 1 is 1.27 bits per heavy atom. The first-order valence-corrected chi connectivity index (χ1v) is 8.77. The minimum absolute atomic E-state index is 0.306. The minimum Gasteiger partial charge on any atom is -0.309 e. The van der Waals surface area contributed by atoms with E-state index in [1.807, 2.05) is 19.2 Å². The summed E-state index contributed by atoms with van der Waals surface area (Å²) in [6, 6.07) is 2.15. The number of halogens is 2. The van der Waals surface area contributed by atoms with Crippen LogP contribution in [0, 0.1) is 6.92 Å². The Labute approximate surface area is 144 Å². The van der Waals surface area contributed by atoms with Gasteiger partial charge >= 0.3 is 0 Å². The van der Waals surface area contributed by atoms with Crippen LogP contribution in [0.15, 0.2) is 28.4 Å². The van der Waals surface area contributed by atoms with Gasteiger partial charge in [0.1, 0.15) is 10.2 Å². The summed E-state index contributed by atoms with van der Waals surface area (Å²) in [5.74, 6) is 0. The van der Waals surface area contributed by atoms with Crippen molar-refractivity contribution >= 4 is 35.0 Å². The lowest BCUT2D eigenvalue weighted by molar-refractivity contribution is 0.403. The van der Waals surface area contributed by atoms with Gasteiger partial charge in [-0.1, -0.05) is 41.4 Å². The molecule has 0 spiro atoms. The van der Waals surface area contributed by atoms with Crippen LogP contribution in [0.4, 0.5) is 0 Å². The Morgan fingerprint density at radius 3 is 2.86 bits per heavy atom. The fourth-order valence-corrected chi connectivity index (χ4v) is 3.71. The molecule has 1 atom stereocenters. The molecule has 2 aromatic rings. The van der Waals surface area contributed by atoms with Crippen LogP contribution in [0.5, 0.6) is 0 Å². The molecule has 3 heterocycles. The van der Waals surface area contributed by atoms with Gasteiger partial charge in [-0.25, -0.2) is 9.97 Å². The molecule has 116 valence electrons. The molecule has 3 rings (SSSR count). The van der Waals surface area contributed by atoms with Crippen molar-refractivity contribution < 1.29 is 0 Å². The molecular formula is C15H16Cl2N4S. The second kappa shape index (κ2) is 7.13. The van der Waals surface area contributed by atoms with E-state index in [1.165, 1.54) is 24.6 Å². The van der Waals surface area contributed by atoms with Gasteiger partial charge in [-0.15, -0.1) is 0 Å². The number of pyridine rings is 1. The maximum atomic E-state index is 6.18. The number of hydrogen-bond acceptors (Lipinski definition) is 5. The second-order valence-corrected chi connectivity index (χ2v) is 6.97. The van der Waals surface area contributed by atoms with Crippen LogP contribution in [0.25, 0.3) is 0 Å². The molecule has 1 unspecified atom stereocenters. The average Bonchev–Trinajstić information content (AvgIpc) is 2.54. The van der Waals surface area contributed by atoms with E-state index in [4.69, 9.17) is 28.2 Å². The number of piperidine rings is 1. The van der Waals surface area contributed by atoms with Gasteiger partial charge in [-0.05, 0) is 32.4 Å². The lowest BCUT2D eigenvalue weighted by atomic mass is 10.0. The zero-order chi connectivity index (χ0) is 15.5. The van der Waals surface area contributed by atoms with Crippen LogP contribution >= 0.6 is 35.0 Å². The Balaban J connectivity index is 1.81. The SMILES string of the molecule is Cc1nc(C2CCCCN2)cnc1Sc1ccnc(Cl)c1Cl. The van der Waals surface area contributed by atoms with Crippen LogP contribution < -0.4 is 5.32 Å². The van der Waals surface area contributed by atoms with Crippen LogP contribution in [-0.2, 0) is 0 Å². The van der Waals surface area contributed by atoms with Gasteiger partial charge in [-0.2, -0.15) is 0 Å². The molecule has 0 amide bonds. The van der Waals surface area contributed by atoms with E-state index < -0.39 is 0 Å². The van der Waals surface area contributed by atoms with Crippen LogP contribution in [-0.4, -0.2) is 21.5 Å². The summed E-state index contributed by atoms with van der Waals surface area (Å²) in [6.45, 7) is 3.02. The smallest absolute Gasteiger partial charge is 0.148 e. The highest BCUT2D eigenvalue weighted by molar-refractivity contribution is 7.99. The fraction of sp³-hybridized carbons (Fsp3) is 0.400. The first-order valence-electron chi connectivity index (χ1n) is 7.20. The lowest BCUT2D eigenvalue weighted by Crippen LogP contribution is -2.27. The highest BCUT2D eigenvalue weighted by Crippen LogP contribution is 2.36. The molecule has 0 radical (unpaired) electrons. The van der Waals surface area contributed by atoms with Crippen molar-refractivity contribution in [2.24, 2.45) is 0 Å². The summed E-state index contributed by atoms with van der Waals surface area (Å²) in [7, 11) is 0. The number of rotatable bonds is 3. The first kappa shape index (κ1) is 16.0. The van der Waals surface area contributed by atoms with Crippen molar-refractivity contribution in [1.29, 1.82) is 0 Å². The van der Waals surface area contributed by atoms with Gasteiger partial charge in [0.25, 0.3) is 0 Å². The summed E-state index contributed by atoms with van der Waals surface area (Å²) < 4.78 is 0. The molecule has 1 aliphatic heterocycles. The Hall–Kier alpha value is -0.880. The zero-order valence-corrected chi connectivity index (χ0v) is 14.5. The third-order valence-corrected chi connectivity index (χ3v) is 5.64. The molecule has 7 heteroatoms. The van der Waals surface area contributed by atoms with E-state index in [-0.39, 0.29) is 0 Å². The second-order valence-electron chi connectivity index (χ2n) is 5.20. The Kier molecular flexibility index (Phi) is 5.18. The van der Waals surface area contributed by atoms with Crippen LogP contribution in [0.1, 0.15) is 36.7 Å². The summed E-state index contributed by atoms with van der Waals surface area (Å²) in [5, 5.41) is 5.09. The molecule has 4 nitrogen and oxygen atoms in total. The molecule has 0 saturated carbocycles. The minimum atomic E-state index is 0.306.